The highest BCUT2D eigenvalue weighted by Gasteiger charge is 2.29. The fraction of sp³-hybridized carbons (Fsp3) is 0.632. The number of halogens is 4. The average molecular weight is 513 g/mol. The van der Waals surface area contributed by atoms with Gasteiger partial charge in [-0.05, 0) is 32.0 Å². The molecule has 2 N–H and O–H groups in total. The zero-order valence-corrected chi connectivity index (χ0v) is 18.8. The quantitative estimate of drug-likeness (QED) is 0.319. The van der Waals surface area contributed by atoms with E-state index < -0.39 is 12.7 Å². The van der Waals surface area contributed by atoms with Crippen molar-refractivity contribution in [3.05, 3.63) is 35.9 Å². The summed E-state index contributed by atoms with van der Waals surface area (Å²) >= 11 is 0. The molecule has 1 aromatic carbocycles. The van der Waals surface area contributed by atoms with Gasteiger partial charge in [-0.1, -0.05) is 30.3 Å². The summed E-state index contributed by atoms with van der Waals surface area (Å²) in [6.45, 7) is 2.58. The summed E-state index contributed by atoms with van der Waals surface area (Å²) in [7, 11) is 3.14. The summed E-state index contributed by atoms with van der Waals surface area (Å²) in [6, 6.07) is 10.8. The van der Waals surface area contributed by atoms with Crippen molar-refractivity contribution in [2.45, 2.75) is 31.6 Å². The maximum atomic E-state index is 12.3. The Morgan fingerprint density at radius 1 is 1.25 bits per heavy atom. The Bertz CT molecular complexity index is 583. The fourth-order valence-corrected chi connectivity index (χ4v) is 3.34. The maximum absolute atomic E-state index is 12.3. The van der Waals surface area contributed by atoms with Crippen LogP contribution in [0.25, 0.3) is 0 Å². The lowest BCUT2D eigenvalue weighted by Crippen LogP contribution is -2.46. The summed E-state index contributed by atoms with van der Waals surface area (Å²) in [5, 5.41) is 6.39. The molecule has 1 aliphatic heterocycles. The van der Waals surface area contributed by atoms with E-state index in [0.29, 0.717) is 25.1 Å². The molecule has 0 bridgehead atoms. The van der Waals surface area contributed by atoms with E-state index in [4.69, 9.17) is 0 Å². The van der Waals surface area contributed by atoms with Crippen LogP contribution in [-0.4, -0.2) is 74.8 Å². The molecule has 0 spiro atoms. The lowest BCUT2D eigenvalue weighted by molar-refractivity contribution is -0.142. The predicted molar refractivity (Wildman–Crippen MR) is 118 cm³/mol. The molecular weight excluding hydrogens is 482 g/mol. The van der Waals surface area contributed by atoms with Gasteiger partial charge in [0.2, 0.25) is 0 Å². The summed E-state index contributed by atoms with van der Waals surface area (Å²) in [4.78, 5) is 7.88. The van der Waals surface area contributed by atoms with Crippen LogP contribution in [0, 0.1) is 0 Å². The molecule has 5 nitrogen and oxygen atoms in total. The molecule has 0 aromatic heterocycles. The van der Waals surface area contributed by atoms with Crippen LogP contribution >= 0.6 is 24.0 Å². The van der Waals surface area contributed by atoms with Crippen molar-refractivity contribution in [1.29, 1.82) is 0 Å². The number of guanidine groups is 1. The van der Waals surface area contributed by atoms with Crippen LogP contribution in [0.15, 0.2) is 35.3 Å². The van der Waals surface area contributed by atoms with Crippen LogP contribution in [-0.2, 0) is 6.54 Å². The number of hydrogen-bond donors (Lipinski definition) is 2. The molecule has 1 heterocycles. The van der Waals surface area contributed by atoms with Crippen molar-refractivity contribution in [2.24, 2.45) is 4.99 Å². The van der Waals surface area contributed by atoms with Gasteiger partial charge in [0.05, 0.1) is 6.54 Å². The van der Waals surface area contributed by atoms with E-state index in [9.17, 15) is 13.2 Å². The Kier molecular flexibility index (Phi) is 11.1. The van der Waals surface area contributed by atoms with Gasteiger partial charge in [-0.15, -0.1) is 24.0 Å². The van der Waals surface area contributed by atoms with Gasteiger partial charge in [0.25, 0.3) is 0 Å². The summed E-state index contributed by atoms with van der Waals surface area (Å²) < 4.78 is 37.0. The number of hydrogen-bond acceptors (Lipinski definition) is 3. The second-order valence-electron chi connectivity index (χ2n) is 6.98. The third kappa shape index (κ3) is 9.42. The minimum atomic E-state index is -4.17. The van der Waals surface area contributed by atoms with E-state index in [0.717, 1.165) is 26.1 Å². The van der Waals surface area contributed by atoms with Crippen LogP contribution in [0.4, 0.5) is 13.2 Å². The third-order valence-corrected chi connectivity index (χ3v) is 4.69. The van der Waals surface area contributed by atoms with Gasteiger partial charge >= 0.3 is 6.18 Å². The molecule has 1 fully saturated rings. The van der Waals surface area contributed by atoms with Gasteiger partial charge in [-0.2, -0.15) is 13.2 Å². The number of aliphatic imine (C=N–C) groups is 1. The lowest BCUT2D eigenvalue weighted by atomic mass is 10.2. The van der Waals surface area contributed by atoms with Crippen molar-refractivity contribution >= 4 is 29.9 Å². The van der Waals surface area contributed by atoms with Gasteiger partial charge in [0, 0.05) is 39.3 Å². The normalized spacial score (nSPS) is 18.2. The largest absolute Gasteiger partial charge is 0.401 e. The van der Waals surface area contributed by atoms with Crippen LogP contribution < -0.4 is 10.6 Å². The predicted octanol–water partition coefficient (Wildman–Crippen LogP) is 2.93. The first-order valence-corrected chi connectivity index (χ1v) is 9.35. The number of alkyl halides is 3. The highest BCUT2D eigenvalue weighted by atomic mass is 127. The van der Waals surface area contributed by atoms with Gasteiger partial charge in [-0.3, -0.25) is 14.8 Å². The van der Waals surface area contributed by atoms with Gasteiger partial charge < -0.3 is 10.6 Å². The van der Waals surface area contributed by atoms with Gasteiger partial charge in [-0.25, -0.2) is 0 Å². The summed E-state index contributed by atoms with van der Waals surface area (Å²) in [5.41, 5.74) is 1.31. The fourth-order valence-electron chi connectivity index (χ4n) is 3.34. The zero-order valence-electron chi connectivity index (χ0n) is 16.5. The lowest BCUT2D eigenvalue weighted by Gasteiger charge is -2.26. The molecule has 9 heteroatoms. The van der Waals surface area contributed by atoms with E-state index in [-0.39, 0.29) is 24.0 Å². The molecule has 0 aliphatic carbocycles. The molecule has 1 unspecified atom stereocenters. The molecule has 2 rings (SSSR count). The average Bonchev–Trinajstić information content (AvgIpc) is 3.04. The van der Waals surface area contributed by atoms with E-state index in [1.165, 1.54) is 23.9 Å². The molecule has 0 saturated carbocycles. The van der Waals surface area contributed by atoms with Crippen molar-refractivity contribution < 1.29 is 13.2 Å². The number of nitrogens with one attached hydrogen (secondary N) is 2. The molecule has 160 valence electrons. The SMILES string of the molecule is CN=C(NCCN(C)CC(F)(F)F)NCC1CCCN1Cc1ccccc1.I. The smallest absolute Gasteiger partial charge is 0.355 e. The first-order chi connectivity index (χ1) is 12.9. The Hall–Kier alpha value is -1.07. The topological polar surface area (TPSA) is 42.9 Å². The minimum absolute atomic E-state index is 0. The van der Waals surface area contributed by atoms with E-state index in [1.54, 1.807) is 7.05 Å². The van der Waals surface area contributed by atoms with Crippen molar-refractivity contribution in [3.63, 3.8) is 0 Å². The first-order valence-electron chi connectivity index (χ1n) is 9.35. The number of rotatable bonds is 8. The Morgan fingerprint density at radius 2 is 1.96 bits per heavy atom. The summed E-state index contributed by atoms with van der Waals surface area (Å²) in [6.07, 6.45) is -1.86. The number of likely N-dealkylation sites (tertiary alicyclic amines) is 1. The number of likely N-dealkylation sites (N-methyl/N-ethyl adjacent to an activating group) is 1. The third-order valence-electron chi connectivity index (χ3n) is 4.69. The second-order valence-corrected chi connectivity index (χ2v) is 6.98. The molecule has 1 aromatic rings. The molecular formula is C19H31F3IN5. The maximum Gasteiger partial charge on any atom is 0.401 e. The minimum Gasteiger partial charge on any atom is -0.355 e. The summed E-state index contributed by atoms with van der Waals surface area (Å²) in [5.74, 6) is 0.627. The van der Waals surface area contributed by atoms with Crippen LogP contribution in [0.1, 0.15) is 18.4 Å². The van der Waals surface area contributed by atoms with Crippen LogP contribution in [0.3, 0.4) is 0 Å². The molecule has 28 heavy (non-hydrogen) atoms. The molecule has 1 saturated heterocycles. The molecule has 0 radical (unpaired) electrons. The number of benzene rings is 1. The Labute approximate surface area is 182 Å². The van der Waals surface area contributed by atoms with Crippen molar-refractivity contribution in [3.8, 4) is 0 Å². The van der Waals surface area contributed by atoms with Crippen molar-refractivity contribution in [1.82, 2.24) is 20.4 Å². The standard InChI is InChI=1S/C19H30F3N5.HI/c1-23-18(24-10-12-26(2)15-19(20,21)22)25-13-17-9-6-11-27(17)14-16-7-4-3-5-8-16;/h3-5,7-8,17H,6,9-15H2,1-2H3,(H2,23,24,25);1H. The number of nitrogens with zero attached hydrogens (tertiary/aromatic N) is 3. The molecule has 0 amide bonds. The Balaban J connectivity index is 0.00000392. The Morgan fingerprint density at radius 3 is 2.61 bits per heavy atom. The molecule has 1 atom stereocenters. The molecule has 1 aliphatic rings. The van der Waals surface area contributed by atoms with E-state index >= 15 is 0 Å². The monoisotopic (exact) mass is 513 g/mol. The first kappa shape index (κ1) is 25.0. The second kappa shape index (κ2) is 12.5. The highest BCUT2D eigenvalue weighted by molar-refractivity contribution is 14.0. The van der Waals surface area contributed by atoms with E-state index in [2.05, 4.69) is 44.8 Å². The van der Waals surface area contributed by atoms with Crippen LogP contribution in [0.5, 0.6) is 0 Å². The van der Waals surface area contributed by atoms with Gasteiger partial charge in [0.1, 0.15) is 0 Å². The van der Waals surface area contributed by atoms with Crippen LogP contribution in [0.2, 0.25) is 0 Å². The van der Waals surface area contributed by atoms with Crippen molar-refractivity contribution in [2.75, 3.05) is 46.8 Å². The zero-order chi connectivity index (χ0) is 19.7. The highest BCUT2D eigenvalue weighted by Crippen LogP contribution is 2.19. The van der Waals surface area contributed by atoms with Gasteiger partial charge in [0.15, 0.2) is 5.96 Å². The van der Waals surface area contributed by atoms with E-state index in [1.807, 2.05) is 6.07 Å².